The Balaban J connectivity index is 2.56. The van der Waals surface area contributed by atoms with Gasteiger partial charge in [0.25, 0.3) is 0 Å². The second kappa shape index (κ2) is 4.37. The second-order valence-electron chi connectivity index (χ2n) is 3.57. The third-order valence-electron chi connectivity index (χ3n) is 2.46. The van der Waals surface area contributed by atoms with E-state index in [1.807, 2.05) is 11.5 Å². The van der Waals surface area contributed by atoms with E-state index in [-0.39, 0.29) is 5.56 Å². The Morgan fingerprint density at radius 2 is 2.24 bits per heavy atom. The average Bonchev–Trinajstić information content (AvgIpc) is 2.76. The number of rotatable bonds is 3. The molecule has 0 bridgehead atoms. The van der Waals surface area contributed by atoms with Crippen molar-refractivity contribution >= 4 is 5.97 Å². The monoisotopic (exact) mass is 234 g/mol. The molecule has 0 saturated carbocycles. The van der Waals surface area contributed by atoms with Crippen LogP contribution >= 0.6 is 0 Å². The van der Waals surface area contributed by atoms with Gasteiger partial charge >= 0.3 is 5.97 Å². The normalized spacial score (nSPS) is 10.5. The summed E-state index contributed by atoms with van der Waals surface area (Å²) in [4.78, 5) is 14.9. The summed E-state index contributed by atoms with van der Waals surface area (Å²) in [5.41, 5.74) is 0.389. The Morgan fingerprint density at radius 3 is 2.88 bits per heavy atom. The van der Waals surface area contributed by atoms with Crippen LogP contribution in [0.15, 0.2) is 30.6 Å². The zero-order chi connectivity index (χ0) is 12.4. The molecule has 2 aromatic rings. The summed E-state index contributed by atoms with van der Waals surface area (Å²) >= 11 is 0. The van der Waals surface area contributed by atoms with Gasteiger partial charge in [-0.3, -0.25) is 0 Å². The maximum Gasteiger partial charge on any atom is 0.335 e. The minimum Gasteiger partial charge on any atom is -0.478 e. The third kappa shape index (κ3) is 2.18. The summed E-state index contributed by atoms with van der Waals surface area (Å²) in [6.45, 7) is 2.62. The van der Waals surface area contributed by atoms with Gasteiger partial charge in [0.05, 0.1) is 5.56 Å². The van der Waals surface area contributed by atoms with Crippen molar-refractivity contribution in [2.45, 2.75) is 13.5 Å². The minimum absolute atomic E-state index is 0.0781. The van der Waals surface area contributed by atoms with Crippen LogP contribution < -0.4 is 0 Å². The number of aromatic nitrogens is 2. The fourth-order valence-electron chi connectivity index (χ4n) is 1.67. The Labute approximate surface area is 97.3 Å². The molecule has 0 atom stereocenters. The second-order valence-corrected chi connectivity index (χ2v) is 3.57. The van der Waals surface area contributed by atoms with Crippen molar-refractivity contribution in [2.24, 2.45) is 0 Å². The first-order valence-electron chi connectivity index (χ1n) is 5.17. The lowest BCUT2D eigenvalue weighted by Gasteiger charge is -2.06. The highest BCUT2D eigenvalue weighted by atomic mass is 19.1. The molecule has 0 spiro atoms. The van der Waals surface area contributed by atoms with Crippen LogP contribution in [-0.4, -0.2) is 20.6 Å². The van der Waals surface area contributed by atoms with Crippen molar-refractivity contribution in [3.63, 3.8) is 0 Å². The van der Waals surface area contributed by atoms with E-state index in [2.05, 4.69) is 4.98 Å². The maximum absolute atomic E-state index is 13.3. The molecule has 2 rings (SSSR count). The number of aromatic carboxylic acids is 1. The number of nitrogens with zero attached hydrogens (tertiary/aromatic N) is 2. The molecule has 0 fully saturated rings. The van der Waals surface area contributed by atoms with Crippen LogP contribution in [-0.2, 0) is 6.54 Å². The van der Waals surface area contributed by atoms with Gasteiger partial charge in [0.1, 0.15) is 11.6 Å². The van der Waals surface area contributed by atoms with E-state index in [1.54, 1.807) is 12.4 Å². The smallest absolute Gasteiger partial charge is 0.335 e. The van der Waals surface area contributed by atoms with Gasteiger partial charge in [0.2, 0.25) is 0 Å². The van der Waals surface area contributed by atoms with Gasteiger partial charge in [-0.05, 0) is 25.1 Å². The van der Waals surface area contributed by atoms with E-state index < -0.39 is 11.8 Å². The highest BCUT2D eigenvalue weighted by Gasteiger charge is 2.11. The van der Waals surface area contributed by atoms with Gasteiger partial charge in [-0.2, -0.15) is 0 Å². The first kappa shape index (κ1) is 11.3. The van der Waals surface area contributed by atoms with Gasteiger partial charge in [-0.15, -0.1) is 0 Å². The molecule has 0 aliphatic rings. The highest BCUT2D eigenvalue weighted by Crippen LogP contribution is 2.20. The minimum atomic E-state index is -1.15. The van der Waals surface area contributed by atoms with E-state index in [1.165, 1.54) is 12.1 Å². The predicted octanol–water partition coefficient (Wildman–Crippen LogP) is 2.41. The largest absolute Gasteiger partial charge is 0.478 e. The van der Waals surface area contributed by atoms with Gasteiger partial charge in [-0.1, -0.05) is 0 Å². The van der Waals surface area contributed by atoms with Crippen molar-refractivity contribution < 1.29 is 14.3 Å². The average molecular weight is 234 g/mol. The van der Waals surface area contributed by atoms with Crippen LogP contribution in [0, 0.1) is 5.82 Å². The first-order chi connectivity index (χ1) is 8.11. The number of benzene rings is 1. The number of hydrogen-bond donors (Lipinski definition) is 1. The van der Waals surface area contributed by atoms with Gasteiger partial charge in [-0.25, -0.2) is 14.2 Å². The molecule has 0 radical (unpaired) electrons. The van der Waals surface area contributed by atoms with Crippen molar-refractivity contribution in [1.29, 1.82) is 0 Å². The van der Waals surface area contributed by atoms with E-state index in [0.717, 1.165) is 6.07 Å². The van der Waals surface area contributed by atoms with Crippen LogP contribution in [0.5, 0.6) is 0 Å². The molecule has 1 aromatic heterocycles. The summed E-state index contributed by atoms with van der Waals surface area (Å²) in [6.07, 6.45) is 3.37. The molecular weight excluding hydrogens is 223 g/mol. The molecule has 1 heterocycles. The number of halogens is 1. The zero-order valence-corrected chi connectivity index (χ0v) is 9.22. The fourth-order valence-corrected chi connectivity index (χ4v) is 1.67. The number of aryl methyl sites for hydroxylation is 1. The number of hydrogen-bond acceptors (Lipinski definition) is 2. The summed E-state index contributed by atoms with van der Waals surface area (Å²) in [5.74, 6) is -1.17. The molecule has 1 aromatic carbocycles. The molecule has 0 aliphatic heterocycles. The lowest BCUT2D eigenvalue weighted by Crippen LogP contribution is -2.01. The fraction of sp³-hybridized carbons (Fsp3) is 0.167. The third-order valence-corrected chi connectivity index (χ3v) is 2.46. The lowest BCUT2D eigenvalue weighted by molar-refractivity contribution is 0.0696. The van der Waals surface area contributed by atoms with Gasteiger partial charge < -0.3 is 9.67 Å². The predicted molar refractivity (Wildman–Crippen MR) is 60.3 cm³/mol. The SMILES string of the molecule is CCn1ccnc1-c1cc(F)cc(C(=O)O)c1. The Hall–Kier alpha value is -2.17. The Bertz CT molecular complexity index is 563. The molecule has 88 valence electrons. The molecule has 1 N–H and O–H groups in total. The molecule has 0 aliphatic carbocycles. The number of imidazole rings is 1. The lowest BCUT2D eigenvalue weighted by atomic mass is 10.1. The first-order valence-corrected chi connectivity index (χ1v) is 5.17. The Kier molecular flexibility index (Phi) is 2.91. The number of carboxylic acids is 1. The van der Waals surface area contributed by atoms with E-state index in [9.17, 15) is 9.18 Å². The number of carboxylic acid groups (broad SMARTS) is 1. The van der Waals surface area contributed by atoms with Crippen LogP contribution in [0.3, 0.4) is 0 Å². The number of carbonyl (C=O) groups is 1. The topological polar surface area (TPSA) is 55.1 Å². The molecule has 4 nitrogen and oxygen atoms in total. The zero-order valence-electron chi connectivity index (χ0n) is 9.22. The molecule has 0 unspecified atom stereocenters. The summed E-state index contributed by atoms with van der Waals surface area (Å²) < 4.78 is 15.1. The van der Waals surface area contributed by atoms with Crippen LogP contribution in [0.25, 0.3) is 11.4 Å². The Morgan fingerprint density at radius 1 is 1.47 bits per heavy atom. The van der Waals surface area contributed by atoms with Crippen molar-refractivity contribution in [3.05, 3.63) is 42.0 Å². The van der Waals surface area contributed by atoms with E-state index in [4.69, 9.17) is 5.11 Å². The summed E-state index contributed by atoms with van der Waals surface area (Å²) in [5, 5.41) is 8.86. The highest BCUT2D eigenvalue weighted by molar-refractivity contribution is 5.89. The molecule has 5 heteroatoms. The van der Waals surface area contributed by atoms with Crippen molar-refractivity contribution in [3.8, 4) is 11.4 Å². The summed E-state index contributed by atoms with van der Waals surface area (Å²) in [7, 11) is 0. The molecule has 0 saturated heterocycles. The van der Waals surface area contributed by atoms with Gasteiger partial charge in [0, 0.05) is 24.5 Å². The van der Waals surface area contributed by atoms with Crippen molar-refractivity contribution in [1.82, 2.24) is 9.55 Å². The van der Waals surface area contributed by atoms with E-state index in [0.29, 0.717) is 17.9 Å². The summed E-state index contributed by atoms with van der Waals surface area (Å²) in [6, 6.07) is 3.69. The molecule has 0 amide bonds. The quantitative estimate of drug-likeness (QED) is 0.887. The maximum atomic E-state index is 13.3. The van der Waals surface area contributed by atoms with Crippen molar-refractivity contribution in [2.75, 3.05) is 0 Å². The molecular formula is C12H11FN2O2. The van der Waals surface area contributed by atoms with Crippen LogP contribution in [0.4, 0.5) is 4.39 Å². The van der Waals surface area contributed by atoms with Crippen LogP contribution in [0.1, 0.15) is 17.3 Å². The molecule has 17 heavy (non-hydrogen) atoms. The van der Waals surface area contributed by atoms with Crippen LogP contribution in [0.2, 0.25) is 0 Å². The van der Waals surface area contributed by atoms with E-state index >= 15 is 0 Å². The standard InChI is InChI=1S/C12H11FN2O2/c1-2-15-4-3-14-11(15)8-5-9(12(16)17)7-10(13)6-8/h3-7H,2H2,1H3,(H,16,17). The van der Waals surface area contributed by atoms with Gasteiger partial charge in [0.15, 0.2) is 0 Å².